The number of carbonyl (C=O) groups is 2. The van der Waals surface area contributed by atoms with Gasteiger partial charge in [-0.15, -0.1) is 4.33 Å². The molecule has 0 aromatic rings. The third-order valence-corrected chi connectivity index (χ3v) is 1.38. The van der Waals surface area contributed by atoms with Crippen LogP contribution < -0.4 is 0 Å². The Morgan fingerprint density at radius 1 is 0.955 bits per heavy atom. The average Bonchev–Trinajstić information content (AvgIpc) is 2.45. The lowest BCUT2D eigenvalue weighted by atomic mass is 10.5. The predicted molar refractivity (Wildman–Crippen MR) is 79.2 cm³/mol. The molecule has 0 fully saturated rings. The van der Waals surface area contributed by atoms with Crippen LogP contribution in [0.2, 0.25) is 0 Å². The lowest BCUT2D eigenvalue weighted by Gasteiger charge is -1.99. The Hall–Kier alpha value is -0.910. The smallest absolute Gasteiger partial charge is 0.305 e. The Balaban J connectivity index is -0.000000257. The third kappa shape index (κ3) is 42.7. The van der Waals surface area contributed by atoms with Crippen molar-refractivity contribution < 1.29 is 42.8 Å². The maximum absolute atomic E-state index is 10.0. The molecule has 0 spiro atoms. The van der Waals surface area contributed by atoms with Crippen molar-refractivity contribution in [1.82, 2.24) is 0 Å². The van der Waals surface area contributed by atoms with Crippen molar-refractivity contribution in [1.29, 1.82) is 0 Å². The largest absolute Gasteiger partial charge is 0.428 e. The fraction of sp³-hybridized carbons (Fsp3) is 0.833. The summed E-state index contributed by atoms with van der Waals surface area (Å²) in [5.41, 5.74) is 0. The molecule has 0 amide bonds. The van der Waals surface area contributed by atoms with Crippen LogP contribution in [0.5, 0.6) is 0 Å². The number of methoxy groups -OCH3 is 2. The summed E-state index contributed by atoms with van der Waals surface area (Å²) in [4.78, 5) is 24.5. The monoisotopic (exact) mass is 346 g/mol. The molecule has 10 heteroatoms. The van der Waals surface area contributed by atoms with Crippen molar-refractivity contribution >= 4 is 24.0 Å². The van der Waals surface area contributed by atoms with Gasteiger partial charge in [0, 0.05) is 46.4 Å². The van der Waals surface area contributed by atoms with Crippen LogP contribution in [0.3, 0.4) is 0 Å². The van der Waals surface area contributed by atoms with E-state index in [-0.39, 0.29) is 6.79 Å². The first-order valence-corrected chi connectivity index (χ1v) is 7.34. The molecule has 0 saturated carbocycles. The summed E-state index contributed by atoms with van der Waals surface area (Å²) in [6.45, 7) is 5.14. The molecular weight excluding hydrogens is 320 g/mol. The van der Waals surface area contributed by atoms with Gasteiger partial charge in [-0.3, -0.25) is 9.59 Å². The van der Waals surface area contributed by atoms with Crippen LogP contribution in [0.15, 0.2) is 0 Å². The van der Waals surface area contributed by atoms with E-state index in [9.17, 15) is 9.59 Å². The normalized spacial score (nSPS) is 8.82. The zero-order valence-corrected chi connectivity index (χ0v) is 14.7. The van der Waals surface area contributed by atoms with Crippen LogP contribution in [0.25, 0.3) is 0 Å². The Kier molecular flexibility index (Phi) is 29.6. The molecule has 0 rings (SSSR count). The van der Waals surface area contributed by atoms with Gasteiger partial charge in [0.2, 0.25) is 6.79 Å². The number of esters is 2. The minimum absolute atomic E-state index is 0.287. The number of carbonyl (C=O) groups excluding carboxylic acids is 2. The van der Waals surface area contributed by atoms with Crippen LogP contribution in [0.1, 0.15) is 27.2 Å². The molecule has 0 saturated heterocycles. The molecule has 0 N–H and O–H groups in total. The van der Waals surface area contributed by atoms with Gasteiger partial charge in [0.05, 0.1) is 6.61 Å². The zero-order chi connectivity index (χ0) is 17.6. The summed E-state index contributed by atoms with van der Waals surface area (Å²) in [6, 6.07) is 0. The number of rotatable bonds is 9. The fourth-order valence-electron chi connectivity index (χ4n) is 0.478. The molecule has 0 atom stereocenters. The van der Waals surface area contributed by atoms with Gasteiger partial charge in [-0.25, -0.2) is 4.89 Å². The highest BCUT2D eigenvalue weighted by Gasteiger charge is 1.93. The molecule has 0 bridgehead atoms. The Morgan fingerprint density at radius 2 is 1.45 bits per heavy atom. The molecule has 22 heavy (non-hydrogen) atoms. The second-order valence-electron chi connectivity index (χ2n) is 3.21. The Labute approximate surface area is 135 Å². The minimum atomic E-state index is -0.462. The highest BCUT2D eigenvalue weighted by molar-refractivity contribution is 7.93. The van der Waals surface area contributed by atoms with Crippen LogP contribution in [-0.4, -0.2) is 52.6 Å². The van der Waals surface area contributed by atoms with E-state index in [1.807, 2.05) is 6.92 Å². The summed E-state index contributed by atoms with van der Waals surface area (Å²) in [5, 5.41) is 4.19. The van der Waals surface area contributed by atoms with E-state index < -0.39 is 11.9 Å². The van der Waals surface area contributed by atoms with Crippen LogP contribution in [0, 0.1) is 0 Å². The molecule has 0 heterocycles. The molecule has 134 valence electrons. The van der Waals surface area contributed by atoms with Crippen LogP contribution >= 0.6 is 12.0 Å². The maximum Gasteiger partial charge on any atom is 0.305 e. The van der Waals surface area contributed by atoms with Crippen LogP contribution in [-0.2, 0) is 42.8 Å². The van der Waals surface area contributed by atoms with E-state index in [1.54, 1.807) is 20.5 Å². The fourth-order valence-corrected chi connectivity index (χ4v) is 0.573. The maximum atomic E-state index is 10.0. The van der Waals surface area contributed by atoms with Gasteiger partial charge in [0.25, 0.3) is 0 Å². The molecule has 0 aromatic heterocycles. The number of hydrogen-bond acceptors (Lipinski definition) is 10. The average molecular weight is 346 g/mol. The summed E-state index contributed by atoms with van der Waals surface area (Å²) < 4.78 is 21.8. The van der Waals surface area contributed by atoms with Gasteiger partial charge in [-0.05, 0) is 6.42 Å². The number of hydrogen-bond donors (Lipinski definition) is 0. The van der Waals surface area contributed by atoms with E-state index in [2.05, 4.69) is 33.2 Å². The summed E-state index contributed by atoms with van der Waals surface area (Å²) >= 11 is 1.10. The van der Waals surface area contributed by atoms with E-state index in [0.717, 1.165) is 18.5 Å². The van der Waals surface area contributed by atoms with Crippen molar-refractivity contribution in [2.24, 2.45) is 0 Å². The topological polar surface area (TPSA) is 98.8 Å². The molecule has 0 aliphatic rings. The molecule has 0 aliphatic carbocycles. The van der Waals surface area contributed by atoms with Crippen molar-refractivity contribution in [3.8, 4) is 0 Å². The zero-order valence-electron chi connectivity index (χ0n) is 13.9. The molecule has 0 aromatic carbocycles. The van der Waals surface area contributed by atoms with E-state index in [4.69, 9.17) is 0 Å². The van der Waals surface area contributed by atoms with E-state index in [1.165, 1.54) is 13.8 Å². The predicted octanol–water partition coefficient (Wildman–Crippen LogP) is 1.86. The molecule has 9 nitrogen and oxygen atoms in total. The van der Waals surface area contributed by atoms with Crippen LogP contribution in [0.4, 0.5) is 0 Å². The highest BCUT2D eigenvalue weighted by Crippen LogP contribution is 1.95. The first-order valence-electron chi connectivity index (χ1n) is 6.19. The summed E-state index contributed by atoms with van der Waals surface area (Å²) in [6.07, 6.45) is 2.67. The first-order chi connectivity index (χ1) is 10.5. The second-order valence-corrected chi connectivity index (χ2v) is 3.68. The van der Waals surface area contributed by atoms with Gasteiger partial charge in [0.15, 0.2) is 0 Å². The Morgan fingerprint density at radius 3 is 1.73 bits per heavy atom. The van der Waals surface area contributed by atoms with Gasteiger partial charge in [-0.2, -0.15) is 0 Å². The minimum Gasteiger partial charge on any atom is -0.428 e. The standard InChI is InChI=1S/C5H8O4.C4H10O3S.C3H8O2/c1-4(6)8-3-9-5(2)7;1-3-4-5-6-7-8-2;1-4-3-5-2/h3H2,1-2H3;3-4H2,1-2H3;3H2,1-2H3. The Bertz CT molecular complexity index is 217. The van der Waals surface area contributed by atoms with Gasteiger partial charge >= 0.3 is 11.9 Å². The molecule has 0 aliphatic heterocycles. The quantitative estimate of drug-likeness (QED) is 0.154. The molecular formula is C12H26O9S. The SMILES string of the molecule is CC(=O)OCOC(C)=O.CCCOOOSC.COCOC. The third-order valence-electron chi connectivity index (χ3n) is 1.19. The van der Waals surface area contributed by atoms with Crippen molar-refractivity contribution in [2.45, 2.75) is 27.2 Å². The highest BCUT2D eigenvalue weighted by atomic mass is 32.2. The van der Waals surface area contributed by atoms with Gasteiger partial charge < -0.3 is 18.9 Å². The number of ether oxygens (including phenoxy) is 4. The summed E-state index contributed by atoms with van der Waals surface area (Å²) in [5.74, 6) is -0.924. The molecule has 0 radical (unpaired) electrons. The lowest BCUT2D eigenvalue weighted by Crippen LogP contribution is -2.07. The van der Waals surface area contributed by atoms with Crippen molar-refractivity contribution in [3.05, 3.63) is 0 Å². The lowest BCUT2D eigenvalue weighted by molar-refractivity contribution is -0.459. The van der Waals surface area contributed by atoms with Gasteiger partial charge in [-0.1, -0.05) is 12.0 Å². The van der Waals surface area contributed by atoms with E-state index >= 15 is 0 Å². The summed E-state index contributed by atoms with van der Waals surface area (Å²) in [7, 11) is 3.17. The molecule has 0 unspecified atom stereocenters. The van der Waals surface area contributed by atoms with Crippen molar-refractivity contribution in [2.75, 3.05) is 40.7 Å². The van der Waals surface area contributed by atoms with Crippen molar-refractivity contribution in [3.63, 3.8) is 0 Å². The van der Waals surface area contributed by atoms with E-state index in [0.29, 0.717) is 13.4 Å². The van der Waals surface area contributed by atoms with Gasteiger partial charge in [0.1, 0.15) is 6.79 Å². The second kappa shape index (κ2) is 25.1. The first kappa shape index (κ1) is 26.0.